The molecule has 4 rings (SSSR count). The molecular formula is C29H33N5O3U. The fourth-order valence-electron chi connectivity index (χ4n) is 4.06. The van der Waals surface area contributed by atoms with Gasteiger partial charge in [0, 0.05) is 54.6 Å². The first-order valence-corrected chi connectivity index (χ1v) is 11.9. The van der Waals surface area contributed by atoms with E-state index in [0.29, 0.717) is 36.5 Å². The fourth-order valence-corrected chi connectivity index (χ4v) is 4.06. The van der Waals surface area contributed by atoms with Gasteiger partial charge in [0.2, 0.25) is 0 Å². The van der Waals surface area contributed by atoms with E-state index in [1.165, 1.54) is 0 Å². The molecule has 38 heavy (non-hydrogen) atoms. The number of hydrogen-bond acceptors (Lipinski definition) is 5. The van der Waals surface area contributed by atoms with Crippen LogP contribution in [0.3, 0.4) is 0 Å². The van der Waals surface area contributed by atoms with Crippen LogP contribution < -0.4 is 15.4 Å². The van der Waals surface area contributed by atoms with Crippen LogP contribution in [0, 0.1) is 44.6 Å². The van der Waals surface area contributed by atoms with Crippen LogP contribution in [0.4, 0.5) is 5.69 Å². The Morgan fingerprint density at radius 1 is 1.18 bits per heavy atom. The molecule has 1 aliphatic rings. The number of carbonyl (C=O) groups is 2. The molecule has 0 radical (unpaired) electrons. The van der Waals surface area contributed by atoms with Crippen LogP contribution in [0.5, 0.6) is 5.75 Å². The van der Waals surface area contributed by atoms with Crippen molar-refractivity contribution in [3.8, 4) is 5.75 Å². The zero-order valence-electron chi connectivity index (χ0n) is 22.1. The molecule has 2 N–H and O–H groups in total. The second kappa shape index (κ2) is 14.7. The largest absolute Gasteiger partial charge is 2.00 e. The molecular weight excluding hydrogens is 704 g/mol. The van der Waals surface area contributed by atoms with Crippen molar-refractivity contribution < 1.29 is 45.4 Å². The first-order valence-electron chi connectivity index (χ1n) is 11.9. The molecule has 9 heteroatoms. The zero-order valence-corrected chi connectivity index (χ0v) is 26.2. The summed E-state index contributed by atoms with van der Waals surface area (Å²) in [7, 11) is 1.59. The van der Waals surface area contributed by atoms with E-state index in [-0.39, 0.29) is 56.0 Å². The van der Waals surface area contributed by atoms with Crippen molar-refractivity contribution in [2.24, 2.45) is 0 Å². The van der Waals surface area contributed by atoms with Crippen LogP contribution in [0.2, 0.25) is 0 Å². The second-order valence-corrected chi connectivity index (χ2v) is 8.30. The summed E-state index contributed by atoms with van der Waals surface area (Å²) in [6, 6.07) is 17.4. The summed E-state index contributed by atoms with van der Waals surface area (Å²) in [5.41, 5.74) is 3.86. The Labute approximate surface area is 248 Å². The number of ether oxygens (including phenoxy) is 1. The molecule has 1 aliphatic heterocycles. The Morgan fingerprint density at radius 3 is 2.58 bits per heavy atom. The number of rotatable bonds is 8. The van der Waals surface area contributed by atoms with E-state index < -0.39 is 0 Å². The molecule has 0 saturated carbocycles. The number of amides is 2. The van der Waals surface area contributed by atoms with Gasteiger partial charge in [-0.15, -0.1) is 17.7 Å². The number of aryl methyl sites for hydroxylation is 1. The van der Waals surface area contributed by atoms with Gasteiger partial charge in [0.25, 0.3) is 11.8 Å². The molecule has 2 heterocycles. The molecule has 1 saturated heterocycles. The van der Waals surface area contributed by atoms with Gasteiger partial charge in [0.05, 0.1) is 7.11 Å². The van der Waals surface area contributed by atoms with Crippen LogP contribution in [-0.4, -0.2) is 59.8 Å². The topological polar surface area (TPSA) is 88.5 Å². The minimum atomic E-state index is -0.352. The third-order valence-electron chi connectivity index (χ3n) is 5.95. The molecule has 0 unspecified atom stereocenters. The maximum Gasteiger partial charge on any atom is 2.00 e. The Balaban J connectivity index is 0.00000253. The molecule has 0 atom stereocenters. The van der Waals surface area contributed by atoms with Crippen molar-refractivity contribution in [3.05, 3.63) is 103 Å². The number of methoxy groups -OCH3 is 1. The standard InChI is InChI=1S/C28H30N5O3.CH3.U/c1-4-7-26(20-10-12-24(36-3)13-11-20)33-23(5-2)19-25(31-33)27(34)30-22-9-6-8-21(18-22)28(35)32-16-14-29-15-17-32;;/h4,6-12,18-19,29H,1,5,14-17H2,2-3H3,(H,30,34);1H3;/q2*-1;+2/b26-7-;;. The van der Waals surface area contributed by atoms with Gasteiger partial charge in [-0.05, 0) is 36.8 Å². The van der Waals surface area contributed by atoms with E-state index in [4.69, 9.17) is 4.74 Å². The molecule has 2 aromatic carbocycles. The van der Waals surface area contributed by atoms with Crippen molar-refractivity contribution in [1.29, 1.82) is 0 Å². The van der Waals surface area contributed by atoms with Crippen LogP contribution >= 0.6 is 0 Å². The van der Waals surface area contributed by atoms with E-state index >= 15 is 0 Å². The Hall–Kier alpha value is -3.12. The normalized spacial score (nSPS) is 13.1. The first kappa shape index (κ1) is 31.1. The van der Waals surface area contributed by atoms with Crippen LogP contribution in [0.1, 0.15) is 39.0 Å². The molecule has 3 aromatic rings. The quantitative estimate of drug-likeness (QED) is 0.269. The minimum Gasteiger partial charge on any atom is -0.523 e. The van der Waals surface area contributed by atoms with Crippen molar-refractivity contribution >= 4 is 23.2 Å². The van der Waals surface area contributed by atoms with Crippen molar-refractivity contribution in [1.82, 2.24) is 20.0 Å². The third-order valence-corrected chi connectivity index (χ3v) is 5.95. The maximum atomic E-state index is 13.1. The summed E-state index contributed by atoms with van der Waals surface area (Å²) in [4.78, 5) is 27.8. The summed E-state index contributed by atoms with van der Waals surface area (Å²) < 4.78 is 6.96. The number of carbonyl (C=O) groups excluding carboxylic acids is 2. The molecule has 8 nitrogen and oxygen atoms in total. The van der Waals surface area contributed by atoms with Gasteiger partial charge in [-0.25, -0.2) is 4.68 Å². The van der Waals surface area contributed by atoms with Gasteiger partial charge < -0.3 is 27.7 Å². The SMILES string of the molecule is C=C/C=C(/c1c[c-]c(OC)cc1)n1nc(C(=O)Nc2cccc(C(=O)N3CCNCC3)c2)cc1CC.[CH3-].[U+2]. The zero-order chi connectivity index (χ0) is 25.5. The van der Waals surface area contributed by atoms with Gasteiger partial charge >= 0.3 is 31.1 Å². The molecule has 2 amide bonds. The smallest absolute Gasteiger partial charge is 0.523 e. The van der Waals surface area contributed by atoms with Gasteiger partial charge in [-0.2, -0.15) is 17.2 Å². The number of nitrogens with one attached hydrogen (secondary N) is 2. The van der Waals surface area contributed by atoms with E-state index in [1.807, 2.05) is 36.1 Å². The summed E-state index contributed by atoms with van der Waals surface area (Å²) >= 11 is 0. The predicted molar refractivity (Wildman–Crippen MR) is 147 cm³/mol. The molecule has 0 aliphatic carbocycles. The average Bonchev–Trinajstić information content (AvgIpc) is 3.36. The Morgan fingerprint density at radius 2 is 1.95 bits per heavy atom. The molecule has 0 bridgehead atoms. The number of allylic oxidation sites excluding steroid dienone is 2. The fraction of sp³-hybridized carbons (Fsp3) is 0.241. The number of benzene rings is 2. The average molecular weight is 738 g/mol. The molecule has 0 spiro atoms. The molecule has 196 valence electrons. The minimum absolute atomic E-state index is 0. The van der Waals surface area contributed by atoms with E-state index in [2.05, 4.69) is 28.4 Å². The number of piperazine rings is 1. The molecule has 1 aromatic heterocycles. The number of nitrogens with zero attached hydrogens (tertiary/aromatic N) is 3. The van der Waals surface area contributed by atoms with Gasteiger partial charge in [-0.1, -0.05) is 25.6 Å². The summed E-state index contributed by atoms with van der Waals surface area (Å²) in [5, 5.41) is 10.7. The number of hydrogen-bond donors (Lipinski definition) is 2. The van der Waals surface area contributed by atoms with Crippen LogP contribution in [0.15, 0.2) is 67.3 Å². The van der Waals surface area contributed by atoms with Crippen LogP contribution in [0.25, 0.3) is 5.70 Å². The summed E-state index contributed by atoms with van der Waals surface area (Å²) in [6.07, 6.45) is 4.19. The third kappa shape index (κ3) is 7.25. The van der Waals surface area contributed by atoms with Crippen molar-refractivity contribution in [3.63, 3.8) is 0 Å². The van der Waals surface area contributed by atoms with Gasteiger partial charge in [0.15, 0.2) is 5.69 Å². The van der Waals surface area contributed by atoms with Crippen molar-refractivity contribution in [2.45, 2.75) is 13.3 Å². The number of aromatic nitrogens is 2. The monoisotopic (exact) mass is 737 g/mol. The van der Waals surface area contributed by atoms with Gasteiger partial charge in [0.1, 0.15) is 0 Å². The second-order valence-electron chi connectivity index (χ2n) is 8.30. The van der Waals surface area contributed by atoms with E-state index in [0.717, 1.165) is 30.0 Å². The van der Waals surface area contributed by atoms with E-state index in [9.17, 15) is 9.59 Å². The van der Waals surface area contributed by atoms with Crippen LogP contribution in [-0.2, 0) is 6.42 Å². The summed E-state index contributed by atoms with van der Waals surface area (Å²) in [6.45, 7) is 8.72. The summed E-state index contributed by atoms with van der Waals surface area (Å²) in [5.74, 6) is 0.237. The first-order chi connectivity index (χ1) is 17.5. The maximum absolute atomic E-state index is 13.1. The van der Waals surface area contributed by atoms with Crippen molar-refractivity contribution in [2.75, 3.05) is 38.6 Å². The Kier molecular flexibility index (Phi) is 12.1. The van der Waals surface area contributed by atoms with E-state index in [1.54, 1.807) is 48.2 Å². The molecule has 1 fully saturated rings. The number of anilines is 1. The van der Waals surface area contributed by atoms with Gasteiger partial charge in [-0.3, -0.25) is 9.59 Å². The predicted octanol–water partition coefficient (Wildman–Crippen LogP) is 4.08. The Bertz CT molecular complexity index is 1280.